The first-order valence-corrected chi connectivity index (χ1v) is 9.49. The number of carbonyl (C=O) groups excluding carboxylic acids is 2. The molecular formula is C24H25NO2. The van der Waals surface area contributed by atoms with Gasteiger partial charge in [0, 0.05) is 29.4 Å². The number of carbonyl (C=O) groups is 2. The van der Waals surface area contributed by atoms with Crippen LogP contribution < -0.4 is 4.90 Å². The highest BCUT2D eigenvalue weighted by Crippen LogP contribution is 2.43. The van der Waals surface area contributed by atoms with Gasteiger partial charge in [-0.3, -0.25) is 9.59 Å². The Hall–Kier alpha value is -2.68. The van der Waals surface area contributed by atoms with Crippen molar-refractivity contribution in [3.05, 3.63) is 69.8 Å². The fourth-order valence-corrected chi connectivity index (χ4v) is 4.45. The third-order valence-electron chi connectivity index (χ3n) is 6.23. The first-order valence-electron chi connectivity index (χ1n) is 9.49. The number of hydrogen-bond donors (Lipinski definition) is 0. The largest absolute Gasteiger partial charge is 0.369 e. The van der Waals surface area contributed by atoms with Crippen LogP contribution in [0.3, 0.4) is 0 Å². The maximum Gasteiger partial charge on any atom is 0.197 e. The molecule has 0 fully saturated rings. The SMILES string of the molecule is Cc1cc2c(cc1C=C1C(=O)c3ccccc3C1=O)[C@H](C)CC(C)(C)N2C. The summed E-state index contributed by atoms with van der Waals surface area (Å²) in [5.41, 5.74) is 5.97. The number of allylic oxidation sites excluding steroid dienone is 1. The molecule has 0 spiro atoms. The molecule has 0 N–H and O–H groups in total. The predicted molar refractivity (Wildman–Crippen MR) is 110 cm³/mol. The minimum Gasteiger partial charge on any atom is -0.369 e. The summed E-state index contributed by atoms with van der Waals surface area (Å²) >= 11 is 0. The summed E-state index contributed by atoms with van der Waals surface area (Å²) in [4.78, 5) is 27.8. The van der Waals surface area contributed by atoms with Gasteiger partial charge >= 0.3 is 0 Å². The number of Topliss-reactive ketones (excluding diaryl/α,β-unsaturated/α-hetero) is 2. The van der Waals surface area contributed by atoms with Gasteiger partial charge in [0.15, 0.2) is 11.6 Å². The Morgan fingerprint density at radius 3 is 2.26 bits per heavy atom. The molecule has 1 aliphatic carbocycles. The van der Waals surface area contributed by atoms with Crippen LogP contribution >= 0.6 is 0 Å². The van der Waals surface area contributed by atoms with Crippen LogP contribution in [-0.2, 0) is 0 Å². The van der Waals surface area contributed by atoms with Gasteiger partial charge in [-0.2, -0.15) is 0 Å². The van der Waals surface area contributed by atoms with E-state index in [0.29, 0.717) is 17.0 Å². The van der Waals surface area contributed by atoms with E-state index in [1.54, 1.807) is 30.3 Å². The molecule has 3 heteroatoms. The van der Waals surface area contributed by atoms with Crippen LogP contribution in [0.4, 0.5) is 5.69 Å². The van der Waals surface area contributed by atoms with Crippen molar-refractivity contribution in [3.63, 3.8) is 0 Å². The normalized spacial score (nSPS) is 20.6. The van der Waals surface area contributed by atoms with Gasteiger partial charge in [-0.05, 0) is 68.0 Å². The molecule has 0 amide bonds. The first kappa shape index (κ1) is 17.7. The minimum atomic E-state index is -0.168. The van der Waals surface area contributed by atoms with Crippen LogP contribution in [0.2, 0.25) is 0 Å². The highest BCUT2D eigenvalue weighted by atomic mass is 16.2. The van der Waals surface area contributed by atoms with Crippen molar-refractivity contribution in [3.8, 4) is 0 Å². The number of nitrogens with zero attached hydrogens (tertiary/aromatic N) is 1. The number of ketones is 2. The molecule has 1 aliphatic heterocycles. The average molecular weight is 359 g/mol. The summed E-state index contributed by atoms with van der Waals surface area (Å²) in [6.45, 7) is 8.83. The molecule has 4 rings (SSSR count). The molecule has 0 saturated carbocycles. The maximum atomic E-state index is 12.7. The van der Waals surface area contributed by atoms with Crippen LogP contribution in [0.15, 0.2) is 42.0 Å². The Labute approximate surface area is 160 Å². The van der Waals surface area contributed by atoms with Crippen molar-refractivity contribution in [2.24, 2.45) is 0 Å². The van der Waals surface area contributed by atoms with E-state index in [9.17, 15) is 9.59 Å². The zero-order valence-electron chi connectivity index (χ0n) is 16.6. The summed E-state index contributed by atoms with van der Waals surface area (Å²) in [6.07, 6.45) is 2.85. The van der Waals surface area contributed by atoms with Crippen molar-refractivity contribution in [1.82, 2.24) is 0 Å². The lowest BCUT2D eigenvalue weighted by Gasteiger charge is -2.45. The number of hydrogen-bond acceptors (Lipinski definition) is 3. The second-order valence-corrected chi connectivity index (χ2v) is 8.51. The van der Waals surface area contributed by atoms with Crippen molar-refractivity contribution < 1.29 is 9.59 Å². The molecule has 0 saturated heterocycles. The number of fused-ring (bicyclic) bond motifs is 2. The number of aryl methyl sites for hydroxylation is 1. The fraction of sp³-hybridized carbons (Fsp3) is 0.333. The van der Waals surface area contributed by atoms with E-state index in [2.05, 4.69) is 44.9 Å². The zero-order valence-corrected chi connectivity index (χ0v) is 16.6. The highest BCUT2D eigenvalue weighted by Gasteiger charge is 2.35. The Bertz CT molecular complexity index is 976. The summed E-state index contributed by atoms with van der Waals surface area (Å²) in [7, 11) is 2.14. The Morgan fingerprint density at radius 2 is 1.67 bits per heavy atom. The molecule has 1 atom stereocenters. The molecule has 0 radical (unpaired) electrons. The number of benzene rings is 2. The van der Waals surface area contributed by atoms with E-state index < -0.39 is 0 Å². The number of anilines is 1. The van der Waals surface area contributed by atoms with Crippen molar-refractivity contribution in [2.45, 2.75) is 45.6 Å². The van der Waals surface area contributed by atoms with E-state index in [0.717, 1.165) is 17.5 Å². The van der Waals surface area contributed by atoms with Crippen LogP contribution in [-0.4, -0.2) is 24.2 Å². The topological polar surface area (TPSA) is 37.4 Å². The summed E-state index contributed by atoms with van der Waals surface area (Å²) in [5, 5.41) is 0. The predicted octanol–water partition coefficient (Wildman–Crippen LogP) is 5.18. The zero-order chi connectivity index (χ0) is 19.5. The lowest BCUT2D eigenvalue weighted by Crippen LogP contribution is -2.45. The molecule has 0 aromatic heterocycles. The summed E-state index contributed by atoms with van der Waals surface area (Å²) in [6, 6.07) is 11.4. The van der Waals surface area contributed by atoms with Gasteiger partial charge < -0.3 is 4.90 Å². The Morgan fingerprint density at radius 1 is 1.07 bits per heavy atom. The van der Waals surface area contributed by atoms with Gasteiger partial charge in [0.05, 0.1) is 5.57 Å². The molecular weight excluding hydrogens is 334 g/mol. The van der Waals surface area contributed by atoms with Gasteiger partial charge in [0.1, 0.15) is 0 Å². The van der Waals surface area contributed by atoms with Crippen LogP contribution in [0.5, 0.6) is 0 Å². The highest BCUT2D eigenvalue weighted by molar-refractivity contribution is 6.41. The van der Waals surface area contributed by atoms with Gasteiger partial charge in [0.25, 0.3) is 0 Å². The van der Waals surface area contributed by atoms with E-state index in [1.807, 2.05) is 6.92 Å². The van der Waals surface area contributed by atoms with Gasteiger partial charge in [-0.1, -0.05) is 31.2 Å². The van der Waals surface area contributed by atoms with E-state index in [-0.39, 0.29) is 22.7 Å². The third kappa shape index (κ3) is 2.64. The first-order chi connectivity index (χ1) is 12.7. The van der Waals surface area contributed by atoms with E-state index in [1.165, 1.54) is 11.3 Å². The smallest absolute Gasteiger partial charge is 0.197 e. The second-order valence-electron chi connectivity index (χ2n) is 8.51. The minimum absolute atomic E-state index is 0.109. The lowest BCUT2D eigenvalue weighted by molar-refractivity contribution is 0.0990. The van der Waals surface area contributed by atoms with Gasteiger partial charge in [-0.15, -0.1) is 0 Å². The second kappa shape index (κ2) is 5.91. The van der Waals surface area contributed by atoms with E-state index in [4.69, 9.17) is 0 Å². The average Bonchev–Trinajstić information content (AvgIpc) is 2.86. The Balaban J connectivity index is 1.81. The summed E-state index contributed by atoms with van der Waals surface area (Å²) in [5.74, 6) is 0.0918. The van der Waals surface area contributed by atoms with Crippen molar-refractivity contribution in [1.29, 1.82) is 0 Å². The van der Waals surface area contributed by atoms with Crippen LogP contribution in [0, 0.1) is 6.92 Å². The third-order valence-corrected chi connectivity index (χ3v) is 6.23. The molecule has 2 aromatic carbocycles. The lowest BCUT2D eigenvalue weighted by atomic mass is 9.79. The molecule has 3 nitrogen and oxygen atoms in total. The van der Waals surface area contributed by atoms with Crippen molar-refractivity contribution >= 4 is 23.3 Å². The fourth-order valence-electron chi connectivity index (χ4n) is 4.45. The summed E-state index contributed by atoms with van der Waals surface area (Å²) < 4.78 is 0. The molecule has 2 aromatic rings. The van der Waals surface area contributed by atoms with Gasteiger partial charge in [-0.25, -0.2) is 0 Å². The standard InChI is InChI=1S/C24H25NO2/c1-14-10-21-19(15(2)13-24(3,4)25(21)5)11-16(14)12-20-22(26)17-8-6-7-9-18(17)23(20)27/h6-12,15H,13H2,1-5H3/t15-/m1/s1. The molecule has 1 heterocycles. The monoisotopic (exact) mass is 359 g/mol. The molecule has 27 heavy (non-hydrogen) atoms. The van der Waals surface area contributed by atoms with Crippen LogP contribution in [0.25, 0.3) is 6.08 Å². The van der Waals surface area contributed by atoms with E-state index >= 15 is 0 Å². The molecule has 0 unspecified atom stereocenters. The molecule has 2 aliphatic rings. The van der Waals surface area contributed by atoms with Gasteiger partial charge in [0.2, 0.25) is 0 Å². The van der Waals surface area contributed by atoms with Crippen LogP contribution in [0.1, 0.15) is 70.5 Å². The van der Waals surface area contributed by atoms with Crippen molar-refractivity contribution in [2.75, 3.05) is 11.9 Å². The molecule has 138 valence electrons. The number of rotatable bonds is 1. The Kier molecular flexibility index (Phi) is 3.88. The quantitative estimate of drug-likeness (QED) is 0.520. The maximum absolute atomic E-state index is 12.7. The molecule has 0 bridgehead atoms.